The minimum atomic E-state index is -0.517. The highest BCUT2D eigenvalue weighted by Crippen LogP contribution is 2.30. The van der Waals surface area contributed by atoms with Gasteiger partial charge in [0.25, 0.3) is 0 Å². The Labute approximate surface area is 141 Å². The van der Waals surface area contributed by atoms with E-state index in [4.69, 9.17) is 21.1 Å². The highest BCUT2D eigenvalue weighted by molar-refractivity contribution is 6.32. The van der Waals surface area contributed by atoms with Crippen molar-refractivity contribution in [3.63, 3.8) is 0 Å². The number of esters is 1. The third-order valence-corrected chi connectivity index (χ3v) is 3.44. The number of methoxy groups -OCH3 is 1. The third kappa shape index (κ3) is 4.23. The molecule has 1 heterocycles. The van der Waals surface area contributed by atoms with E-state index in [9.17, 15) is 4.79 Å². The normalized spacial score (nSPS) is 11.2. The molecule has 1 aromatic carbocycles. The Morgan fingerprint density at radius 2 is 1.91 bits per heavy atom. The molecule has 0 saturated heterocycles. The van der Waals surface area contributed by atoms with Crippen LogP contribution in [0.2, 0.25) is 5.02 Å². The Balaban J connectivity index is 2.33. The van der Waals surface area contributed by atoms with Crippen molar-refractivity contribution in [3.8, 4) is 17.0 Å². The van der Waals surface area contributed by atoms with Crippen LogP contribution in [0.25, 0.3) is 11.1 Å². The molecule has 4 nitrogen and oxygen atoms in total. The molecule has 2 rings (SSSR count). The molecule has 0 amide bonds. The number of rotatable bonds is 3. The Kier molecular flexibility index (Phi) is 4.95. The quantitative estimate of drug-likeness (QED) is 0.765. The van der Waals surface area contributed by atoms with Crippen LogP contribution in [0.4, 0.5) is 0 Å². The van der Waals surface area contributed by atoms with Crippen molar-refractivity contribution in [3.05, 3.63) is 46.6 Å². The summed E-state index contributed by atoms with van der Waals surface area (Å²) in [5, 5.41) is 0.445. The Morgan fingerprint density at radius 3 is 2.43 bits per heavy atom. The van der Waals surface area contributed by atoms with Crippen molar-refractivity contribution in [1.29, 1.82) is 0 Å². The summed E-state index contributed by atoms with van der Waals surface area (Å²) in [6.45, 7) is 7.47. The molecule has 0 aliphatic rings. The summed E-state index contributed by atoms with van der Waals surface area (Å²) in [5.74, 6) is 0.0523. The summed E-state index contributed by atoms with van der Waals surface area (Å²) < 4.78 is 10.4. The molecule has 1 aromatic heterocycles. The molecule has 0 spiro atoms. The molecule has 0 unspecified atom stereocenters. The summed E-state index contributed by atoms with van der Waals surface area (Å²) in [6, 6.07) is 7.22. The molecule has 2 aromatic rings. The maximum atomic E-state index is 12.1. The fourth-order valence-corrected chi connectivity index (χ4v) is 2.42. The second kappa shape index (κ2) is 6.59. The predicted molar refractivity (Wildman–Crippen MR) is 91.1 cm³/mol. The second-order valence-electron chi connectivity index (χ2n) is 6.25. The lowest BCUT2D eigenvalue weighted by molar-refractivity contribution is 0.00694. The van der Waals surface area contributed by atoms with Crippen molar-refractivity contribution in [2.75, 3.05) is 7.11 Å². The first-order valence-electron chi connectivity index (χ1n) is 7.25. The van der Waals surface area contributed by atoms with Gasteiger partial charge in [0.1, 0.15) is 10.6 Å². The average molecular weight is 334 g/mol. The van der Waals surface area contributed by atoms with Crippen LogP contribution < -0.4 is 4.74 Å². The molecule has 0 N–H and O–H groups in total. The zero-order valence-electron chi connectivity index (χ0n) is 13.9. The van der Waals surface area contributed by atoms with Gasteiger partial charge in [-0.3, -0.25) is 0 Å². The van der Waals surface area contributed by atoms with Crippen LogP contribution in [-0.4, -0.2) is 23.7 Å². The van der Waals surface area contributed by atoms with Gasteiger partial charge in [-0.25, -0.2) is 9.78 Å². The molecule has 0 bridgehead atoms. The lowest BCUT2D eigenvalue weighted by Crippen LogP contribution is -2.23. The number of pyridine rings is 1. The van der Waals surface area contributed by atoms with Gasteiger partial charge in [0.15, 0.2) is 0 Å². The van der Waals surface area contributed by atoms with E-state index in [2.05, 4.69) is 4.98 Å². The van der Waals surface area contributed by atoms with Crippen LogP contribution in [-0.2, 0) is 4.74 Å². The van der Waals surface area contributed by atoms with Crippen LogP contribution >= 0.6 is 11.6 Å². The Hall–Kier alpha value is -2.07. The van der Waals surface area contributed by atoms with E-state index >= 15 is 0 Å². The maximum Gasteiger partial charge on any atom is 0.338 e. The van der Waals surface area contributed by atoms with Gasteiger partial charge in [0, 0.05) is 11.8 Å². The number of hydrogen-bond acceptors (Lipinski definition) is 4. The van der Waals surface area contributed by atoms with Gasteiger partial charge >= 0.3 is 5.97 Å². The van der Waals surface area contributed by atoms with Gasteiger partial charge in [-0.15, -0.1) is 0 Å². The fourth-order valence-electron chi connectivity index (χ4n) is 2.17. The molecule has 0 atom stereocenters. The molecule has 122 valence electrons. The van der Waals surface area contributed by atoms with Gasteiger partial charge in [-0.2, -0.15) is 0 Å². The maximum absolute atomic E-state index is 12.1. The summed E-state index contributed by atoms with van der Waals surface area (Å²) in [5.41, 5.74) is 2.76. The lowest BCUT2D eigenvalue weighted by atomic mass is 9.99. The van der Waals surface area contributed by atoms with E-state index in [0.29, 0.717) is 16.5 Å². The molecule has 23 heavy (non-hydrogen) atoms. The zero-order chi connectivity index (χ0) is 17.2. The van der Waals surface area contributed by atoms with Crippen molar-refractivity contribution in [2.45, 2.75) is 33.3 Å². The third-order valence-electron chi connectivity index (χ3n) is 3.17. The fraction of sp³-hybridized carbons (Fsp3) is 0.333. The molecule has 0 fully saturated rings. The number of carbonyl (C=O) groups is 1. The number of carbonyl (C=O) groups excluding carboxylic acids is 1. The van der Waals surface area contributed by atoms with Crippen molar-refractivity contribution in [2.24, 2.45) is 0 Å². The highest BCUT2D eigenvalue weighted by atomic mass is 35.5. The lowest BCUT2D eigenvalue weighted by Gasteiger charge is -2.20. The molecule has 0 radical (unpaired) electrons. The van der Waals surface area contributed by atoms with Crippen molar-refractivity contribution < 1.29 is 14.3 Å². The monoisotopic (exact) mass is 333 g/mol. The first-order valence-corrected chi connectivity index (χ1v) is 7.63. The SMILES string of the molecule is COc1ncc(-c2ccc(C(=O)OC(C)(C)C)cc2C)cc1Cl. The van der Waals surface area contributed by atoms with Gasteiger partial charge < -0.3 is 9.47 Å². The van der Waals surface area contributed by atoms with Crippen molar-refractivity contribution in [1.82, 2.24) is 4.98 Å². The topological polar surface area (TPSA) is 48.4 Å². The standard InChI is InChI=1S/C18H20ClNO3/c1-11-8-12(17(21)23-18(2,3)4)6-7-14(11)13-9-15(19)16(22-5)20-10-13/h6-10H,1-5H3. The molecular weight excluding hydrogens is 314 g/mol. The van der Waals surface area contributed by atoms with E-state index in [-0.39, 0.29) is 5.97 Å². The largest absolute Gasteiger partial charge is 0.480 e. The van der Waals surface area contributed by atoms with E-state index in [0.717, 1.165) is 16.7 Å². The summed E-state index contributed by atoms with van der Waals surface area (Å²) in [7, 11) is 1.52. The van der Waals surface area contributed by atoms with E-state index < -0.39 is 5.60 Å². The summed E-state index contributed by atoms with van der Waals surface area (Å²) in [4.78, 5) is 16.3. The van der Waals surface area contributed by atoms with Gasteiger partial charge in [0.2, 0.25) is 5.88 Å². The Bertz CT molecular complexity index is 736. The first kappa shape index (κ1) is 17.3. The van der Waals surface area contributed by atoms with Crippen LogP contribution in [0.3, 0.4) is 0 Å². The predicted octanol–water partition coefficient (Wildman–Crippen LogP) is 4.67. The molecule has 0 saturated carbocycles. The smallest absolute Gasteiger partial charge is 0.338 e. The summed E-state index contributed by atoms with van der Waals surface area (Å²) in [6.07, 6.45) is 1.69. The van der Waals surface area contributed by atoms with E-state index in [1.165, 1.54) is 7.11 Å². The molecule has 0 aliphatic carbocycles. The summed E-state index contributed by atoms with van der Waals surface area (Å²) >= 11 is 6.12. The van der Waals surface area contributed by atoms with Gasteiger partial charge in [-0.05, 0) is 57.0 Å². The number of aryl methyl sites for hydroxylation is 1. The van der Waals surface area contributed by atoms with Crippen LogP contribution in [0, 0.1) is 6.92 Å². The average Bonchev–Trinajstić information content (AvgIpc) is 2.45. The van der Waals surface area contributed by atoms with Gasteiger partial charge in [-0.1, -0.05) is 17.7 Å². The van der Waals surface area contributed by atoms with E-state index in [1.807, 2.05) is 39.8 Å². The number of halogens is 1. The van der Waals surface area contributed by atoms with E-state index in [1.54, 1.807) is 18.3 Å². The van der Waals surface area contributed by atoms with Crippen LogP contribution in [0.5, 0.6) is 5.88 Å². The highest BCUT2D eigenvalue weighted by Gasteiger charge is 2.18. The zero-order valence-corrected chi connectivity index (χ0v) is 14.7. The number of hydrogen-bond donors (Lipinski definition) is 0. The number of aromatic nitrogens is 1. The molecular formula is C18H20ClNO3. The first-order chi connectivity index (χ1) is 10.7. The Morgan fingerprint density at radius 1 is 1.22 bits per heavy atom. The van der Waals surface area contributed by atoms with Crippen LogP contribution in [0.1, 0.15) is 36.7 Å². The number of benzene rings is 1. The molecule has 5 heteroatoms. The van der Waals surface area contributed by atoms with Crippen molar-refractivity contribution >= 4 is 17.6 Å². The minimum absolute atomic E-state index is 0.335. The molecule has 0 aliphatic heterocycles. The van der Waals surface area contributed by atoms with Gasteiger partial charge in [0.05, 0.1) is 12.7 Å². The minimum Gasteiger partial charge on any atom is -0.480 e. The number of ether oxygens (including phenoxy) is 2. The van der Waals surface area contributed by atoms with Crippen LogP contribution in [0.15, 0.2) is 30.5 Å². The second-order valence-corrected chi connectivity index (χ2v) is 6.65. The number of nitrogens with zero attached hydrogens (tertiary/aromatic N) is 1.